The number of aliphatic carboxylic acids is 1. The molecule has 0 aliphatic rings. The summed E-state index contributed by atoms with van der Waals surface area (Å²) in [6.07, 6.45) is 6.04. The number of nitrogens with zero attached hydrogens (tertiary/aromatic N) is 1. The van der Waals surface area contributed by atoms with Crippen LogP contribution in [-0.2, 0) is 11.4 Å². The fourth-order valence-corrected chi connectivity index (χ4v) is 1.56. The van der Waals surface area contributed by atoms with Crippen LogP contribution in [0.3, 0.4) is 0 Å². The molecule has 1 aromatic heterocycles. The molecule has 2 aromatic rings. The summed E-state index contributed by atoms with van der Waals surface area (Å²) in [5.41, 5.74) is 1.69. The average Bonchev–Trinajstić information content (AvgIpc) is 2.45. The third-order valence-electron chi connectivity index (χ3n) is 2.44. The monoisotopic (exact) mass is 255 g/mol. The number of para-hydroxylation sites is 1. The molecule has 0 atom stereocenters. The molecule has 19 heavy (non-hydrogen) atoms. The molecule has 0 bridgehead atoms. The van der Waals surface area contributed by atoms with Crippen LogP contribution in [-0.4, -0.2) is 16.1 Å². The van der Waals surface area contributed by atoms with Gasteiger partial charge in [0.15, 0.2) is 0 Å². The quantitative estimate of drug-likeness (QED) is 0.834. The lowest BCUT2D eigenvalue weighted by Gasteiger charge is -2.08. The standard InChI is InChI=1S/C15H13NO3/c17-15(18)8-7-13-5-1-2-6-14(13)19-11-12-4-3-9-16-10-12/h1-10H,11H2,(H,17,18)/b8-7+. The Labute approximate surface area is 111 Å². The fraction of sp³-hybridized carbons (Fsp3) is 0.0667. The normalized spacial score (nSPS) is 10.5. The molecule has 0 amide bonds. The van der Waals surface area contributed by atoms with Gasteiger partial charge in [0.25, 0.3) is 0 Å². The Balaban J connectivity index is 2.10. The van der Waals surface area contributed by atoms with E-state index in [1.54, 1.807) is 24.5 Å². The maximum Gasteiger partial charge on any atom is 0.328 e. The van der Waals surface area contributed by atoms with Crippen molar-refractivity contribution in [2.45, 2.75) is 6.61 Å². The maximum atomic E-state index is 10.5. The molecule has 0 radical (unpaired) electrons. The first-order chi connectivity index (χ1) is 9.25. The summed E-state index contributed by atoms with van der Waals surface area (Å²) < 4.78 is 5.67. The predicted octanol–water partition coefficient (Wildman–Crippen LogP) is 2.76. The highest BCUT2D eigenvalue weighted by Gasteiger charge is 2.01. The second-order valence-corrected chi connectivity index (χ2v) is 3.86. The Morgan fingerprint density at radius 2 is 2.11 bits per heavy atom. The number of aromatic nitrogens is 1. The topological polar surface area (TPSA) is 59.4 Å². The zero-order chi connectivity index (χ0) is 13.5. The molecule has 0 saturated heterocycles. The molecule has 1 aromatic carbocycles. The Morgan fingerprint density at radius 3 is 2.84 bits per heavy atom. The van der Waals surface area contributed by atoms with Crippen molar-refractivity contribution in [1.82, 2.24) is 4.98 Å². The van der Waals surface area contributed by atoms with Gasteiger partial charge in [0.05, 0.1) is 0 Å². The lowest BCUT2D eigenvalue weighted by molar-refractivity contribution is -0.131. The Bertz CT molecular complexity index is 579. The SMILES string of the molecule is O=C(O)/C=C/c1ccccc1OCc1cccnc1. The van der Waals surface area contributed by atoms with Gasteiger partial charge in [0, 0.05) is 29.6 Å². The van der Waals surface area contributed by atoms with Crippen LogP contribution in [0.2, 0.25) is 0 Å². The lowest BCUT2D eigenvalue weighted by atomic mass is 10.2. The lowest BCUT2D eigenvalue weighted by Crippen LogP contribution is -1.97. The van der Waals surface area contributed by atoms with Crippen LogP contribution in [0.15, 0.2) is 54.9 Å². The van der Waals surface area contributed by atoms with Crippen molar-refractivity contribution in [3.05, 3.63) is 66.0 Å². The highest BCUT2D eigenvalue weighted by Crippen LogP contribution is 2.20. The first kappa shape index (κ1) is 12.8. The van der Waals surface area contributed by atoms with E-state index in [0.29, 0.717) is 12.4 Å². The average molecular weight is 255 g/mol. The second-order valence-electron chi connectivity index (χ2n) is 3.86. The molecule has 0 fully saturated rings. The second kappa shape index (κ2) is 6.35. The zero-order valence-electron chi connectivity index (χ0n) is 10.2. The predicted molar refractivity (Wildman–Crippen MR) is 71.7 cm³/mol. The largest absolute Gasteiger partial charge is 0.488 e. The summed E-state index contributed by atoms with van der Waals surface area (Å²) in [5, 5.41) is 8.64. The molecule has 0 spiro atoms. The van der Waals surface area contributed by atoms with Gasteiger partial charge in [-0.05, 0) is 18.2 Å². The van der Waals surface area contributed by atoms with Crippen molar-refractivity contribution in [3.8, 4) is 5.75 Å². The highest BCUT2D eigenvalue weighted by molar-refractivity contribution is 5.85. The van der Waals surface area contributed by atoms with Crippen LogP contribution in [0.5, 0.6) is 5.75 Å². The number of carboxylic acid groups (broad SMARTS) is 1. The van der Waals surface area contributed by atoms with Crippen LogP contribution in [0, 0.1) is 0 Å². The maximum absolute atomic E-state index is 10.5. The van der Waals surface area contributed by atoms with Gasteiger partial charge in [-0.3, -0.25) is 4.98 Å². The number of rotatable bonds is 5. The van der Waals surface area contributed by atoms with Gasteiger partial charge in [-0.25, -0.2) is 4.79 Å². The summed E-state index contributed by atoms with van der Waals surface area (Å²) in [7, 11) is 0. The molecule has 0 saturated carbocycles. The van der Waals surface area contributed by atoms with Crippen molar-refractivity contribution in [3.63, 3.8) is 0 Å². The minimum atomic E-state index is -0.984. The summed E-state index contributed by atoms with van der Waals surface area (Å²) >= 11 is 0. The summed E-state index contributed by atoms with van der Waals surface area (Å²) in [6, 6.07) is 11.0. The van der Waals surface area contributed by atoms with Gasteiger partial charge in [0.1, 0.15) is 12.4 Å². The van der Waals surface area contributed by atoms with E-state index in [1.165, 1.54) is 6.08 Å². The smallest absolute Gasteiger partial charge is 0.328 e. The fourth-order valence-electron chi connectivity index (χ4n) is 1.56. The van der Waals surface area contributed by atoms with E-state index in [2.05, 4.69) is 4.98 Å². The minimum absolute atomic E-state index is 0.395. The van der Waals surface area contributed by atoms with Gasteiger partial charge < -0.3 is 9.84 Å². The Kier molecular flexibility index (Phi) is 4.29. The third-order valence-corrected chi connectivity index (χ3v) is 2.44. The number of pyridine rings is 1. The van der Waals surface area contributed by atoms with Crippen LogP contribution >= 0.6 is 0 Å². The molecule has 0 aliphatic heterocycles. The van der Waals surface area contributed by atoms with E-state index in [9.17, 15) is 4.79 Å². The third kappa shape index (κ3) is 3.96. The van der Waals surface area contributed by atoms with E-state index in [1.807, 2.05) is 24.3 Å². The van der Waals surface area contributed by atoms with Crippen LogP contribution < -0.4 is 4.74 Å². The molecule has 0 unspecified atom stereocenters. The number of carboxylic acids is 1. The van der Waals surface area contributed by atoms with Crippen LogP contribution in [0.4, 0.5) is 0 Å². The number of benzene rings is 1. The van der Waals surface area contributed by atoms with Crippen molar-refractivity contribution in [2.75, 3.05) is 0 Å². The van der Waals surface area contributed by atoms with Gasteiger partial charge in [-0.15, -0.1) is 0 Å². The number of carbonyl (C=O) groups is 1. The van der Waals surface area contributed by atoms with E-state index in [0.717, 1.165) is 17.2 Å². The number of hydrogen-bond acceptors (Lipinski definition) is 3. The van der Waals surface area contributed by atoms with Crippen LogP contribution in [0.1, 0.15) is 11.1 Å². The van der Waals surface area contributed by atoms with E-state index in [4.69, 9.17) is 9.84 Å². The van der Waals surface area contributed by atoms with Gasteiger partial charge in [-0.1, -0.05) is 24.3 Å². The van der Waals surface area contributed by atoms with Gasteiger partial charge >= 0.3 is 5.97 Å². The van der Waals surface area contributed by atoms with Crippen molar-refractivity contribution in [2.24, 2.45) is 0 Å². The van der Waals surface area contributed by atoms with E-state index >= 15 is 0 Å². The van der Waals surface area contributed by atoms with E-state index < -0.39 is 5.97 Å². The molecule has 4 nitrogen and oxygen atoms in total. The molecular weight excluding hydrogens is 242 g/mol. The molecule has 0 aliphatic carbocycles. The molecular formula is C15H13NO3. The summed E-state index contributed by atoms with van der Waals surface area (Å²) in [4.78, 5) is 14.5. The van der Waals surface area contributed by atoms with Gasteiger partial charge in [0.2, 0.25) is 0 Å². The molecule has 2 rings (SSSR count). The Morgan fingerprint density at radius 1 is 1.26 bits per heavy atom. The molecule has 1 heterocycles. The van der Waals surface area contributed by atoms with Crippen molar-refractivity contribution in [1.29, 1.82) is 0 Å². The van der Waals surface area contributed by atoms with Crippen molar-refractivity contribution >= 4 is 12.0 Å². The number of hydrogen-bond donors (Lipinski definition) is 1. The number of ether oxygens (including phenoxy) is 1. The first-order valence-corrected chi connectivity index (χ1v) is 5.77. The van der Waals surface area contributed by atoms with Crippen molar-refractivity contribution < 1.29 is 14.6 Å². The zero-order valence-corrected chi connectivity index (χ0v) is 10.2. The first-order valence-electron chi connectivity index (χ1n) is 5.77. The summed E-state index contributed by atoms with van der Waals surface area (Å²) in [6.45, 7) is 0.395. The molecule has 4 heteroatoms. The summed E-state index contributed by atoms with van der Waals surface area (Å²) in [5.74, 6) is -0.342. The van der Waals surface area contributed by atoms with Gasteiger partial charge in [-0.2, -0.15) is 0 Å². The molecule has 1 N–H and O–H groups in total. The minimum Gasteiger partial charge on any atom is -0.488 e. The van der Waals surface area contributed by atoms with Crippen LogP contribution in [0.25, 0.3) is 6.08 Å². The highest BCUT2D eigenvalue weighted by atomic mass is 16.5. The Hall–Kier alpha value is -2.62. The molecule has 96 valence electrons. The van der Waals surface area contributed by atoms with E-state index in [-0.39, 0.29) is 0 Å².